The Labute approximate surface area is 161 Å². The van der Waals surface area contributed by atoms with Gasteiger partial charge in [0.2, 0.25) is 0 Å². The number of benzene rings is 3. The van der Waals surface area contributed by atoms with E-state index in [2.05, 4.69) is 39.9 Å². The fourth-order valence-corrected chi connectivity index (χ4v) is 3.75. The number of hydrogen-bond acceptors (Lipinski definition) is 2. The Morgan fingerprint density at radius 3 is 2.46 bits per heavy atom. The van der Waals surface area contributed by atoms with E-state index in [-0.39, 0.29) is 5.56 Å². The van der Waals surface area contributed by atoms with Gasteiger partial charge in [-0.3, -0.25) is 4.98 Å². The van der Waals surface area contributed by atoms with Crippen molar-refractivity contribution in [3.63, 3.8) is 0 Å². The van der Waals surface area contributed by atoms with E-state index in [0.29, 0.717) is 0 Å². The average molecular weight is 364 g/mol. The minimum absolute atomic E-state index is 0.265. The number of carboxylic acids is 1. The van der Waals surface area contributed by atoms with Crippen LogP contribution in [0.3, 0.4) is 0 Å². The smallest absolute Gasteiger partial charge is 0.335 e. The first-order valence-corrected chi connectivity index (χ1v) is 9.00. The molecule has 0 bridgehead atoms. The minimum Gasteiger partial charge on any atom is -0.478 e. The molecule has 5 aromatic rings. The van der Waals surface area contributed by atoms with Crippen LogP contribution in [0.5, 0.6) is 0 Å². The summed E-state index contributed by atoms with van der Waals surface area (Å²) in [4.78, 5) is 15.6. The summed E-state index contributed by atoms with van der Waals surface area (Å²) in [6.07, 6.45) is 3.53. The van der Waals surface area contributed by atoms with Crippen LogP contribution in [0.2, 0.25) is 0 Å². The van der Waals surface area contributed by atoms with Crippen molar-refractivity contribution in [2.24, 2.45) is 0 Å². The van der Waals surface area contributed by atoms with Crippen LogP contribution in [-0.2, 0) is 0 Å². The molecule has 0 saturated carbocycles. The molecule has 0 unspecified atom stereocenters. The van der Waals surface area contributed by atoms with Gasteiger partial charge in [0.05, 0.1) is 16.8 Å². The van der Waals surface area contributed by atoms with Gasteiger partial charge in [0.25, 0.3) is 0 Å². The van der Waals surface area contributed by atoms with Gasteiger partial charge < -0.3 is 9.67 Å². The molecule has 0 fully saturated rings. The van der Waals surface area contributed by atoms with Crippen molar-refractivity contribution in [1.29, 1.82) is 0 Å². The Morgan fingerprint density at radius 1 is 0.821 bits per heavy atom. The first-order chi connectivity index (χ1) is 13.7. The molecule has 28 heavy (non-hydrogen) atoms. The number of carboxylic acid groups (broad SMARTS) is 1. The van der Waals surface area contributed by atoms with Crippen LogP contribution in [0.4, 0.5) is 0 Å². The molecule has 0 aliphatic heterocycles. The Bertz CT molecular complexity index is 1340. The van der Waals surface area contributed by atoms with Gasteiger partial charge >= 0.3 is 5.97 Å². The van der Waals surface area contributed by atoms with Crippen LogP contribution in [-0.4, -0.2) is 20.6 Å². The third kappa shape index (κ3) is 2.55. The molecule has 2 aromatic heterocycles. The fraction of sp³-hybridized carbons (Fsp3) is 0. The number of rotatable bonds is 3. The lowest BCUT2D eigenvalue weighted by Gasteiger charge is -2.12. The van der Waals surface area contributed by atoms with Gasteiger partial charge in [-0.05, 0) is 53.2 Å². The number of pyridine rings is 1. The van der Waals surface area contributed by atoms with E-state index in [1.165, 1.54) is 10.8 Å². The molecule has 0 aliphatic carbocycles. The largest absolute Gasteiger partial charge is 0.478 e. The highest BCUT2D eigenvalue weighted by Crippen LogP contribution is 2.35. The van der Waals surface area contributed by atoms with Crippen molar-refractivity contribution in [2.45, 2.75) is 0 Å². The van der Waals surface area contributed by atoms with Crippen molar-refractivity contribution >= 4 is 27.6 Å². The lowest BCUT2D eigenvalue weighted by molar-refractivity contribution is 0.0697. The molecule has 0 amide bonds. The molecular weight excluding hydrogens is 348 g/mol. The first kappa shape index (κ1) is 16.3. The zero-order valence-electron chi connectivity index (χ0n) is 14.9. The number of hydrogen-bond donors (Lipinski definition) is 1. The summed E-state index contributed by atoms with van der Waals surface area (Å²) in [5, 5.41) is 12.9. The minimum atomic E-state index is -0.936. The van der Waals surface area contributed by atoms with Crippen LogP contribution in [0, 0.1) is 0 Å². The second kappa shape index (κ2) is 6.35. The molecule has 4 nitrogen and oxygen atoms in total. The predicted octanol–water partition coefficient (Wildman–Crippen LogP) is 5.54. The van der Waals surface area contributed by atoms with Gasteiger partial charge in [0, 0.05) is 29.0 Å². The zero-order chi connectivity index (χ0) is 19.1. The highest BCUT2D eigenvalue weighted by Gasteiger charge is 2.15. The van der Waals surface area contributed by atoms with Gasteiger partial charge in [0.15, 0.2) is 0 Å². The maximum absolute atomic E-state index is 11.5. The molecule has 134 valence electrons. The van der Waals surface area contributed by atoms with Gasteiger partial charge in [-0.1, -0.05) is 36.4 Å². The summed E-state index contributed by atoms with van der Waals surface area (Å²) in [6.45, 7) is 0. The van der Waals surface area contributed by atoms with Crippen LogP contribution >= 0.6 is 0 Å². The summed E-state index contributed by atoms with van der Waals surface area (Å²) in [6, 6.07) is 25.6. The van der Waals surface area contributed by atoms with Crippen LogP contribution in [0.15, 0.2) is 91.3 Å². The van der Waals surface area contributed by atoms with Crippen LogP contribution < -0.4 is 0 Å². The van der Waals surface area contributed by atoms with Gasteiger partial charge in [0.1, 0.15) is 0 Å². The van der Waals surface area contributed by atoms with Gasteiger partial charge in [-0.2, -0.15) is 0 Å². The summed E-state index contributed by atoms with van der Waals surface area (Å²) >= 11 is 0. The molecule has 0 saturated heterocycles. The molecule has 0 spiro atoms. The van der Waals surface area contributed by atoms with Crippen LogP contribution in [0.1, 0.15) is 10.4 Å². The highest BCUT2D eigenvalue weighted by molar-refractivity contribution is 6.09. The number of aromatic carboxylic acids is 1. The monoisotopic (exact) mass is 364 g/mol. The second-order valence-electron chi connectivity index (χ2n) is 6.68. The molecule has 0 atom stereocenters. The lowest BCUT2D eigenvalue weighted by atomic mass is 10.1. The van der Waals surface area contributed by atoms with Crippen molar-refractivity contribution in [3.8, 4) is 16.9 Å². The number of carbonyl (C=O) groups is 1. The number of nitrogens with zero attached hydrogens (tertiary/aromatic N) is 2. The molecule has 3 aromatic carbocycles. The molecule has 4 heteroatoms. The Hall–Kier alpha value is -3.92. The lowest BCUT2D eigenvalue weighted by Crippen LogP contribution is -2.01. The Morgan fingerprint density at radius 2 is 1.64 bits per heavy atom. The highest BCUT2D eigenvalue weighted by atomic mass is 16.4. The predicted molar refractivity (Wildman–Crippen MR) is 111 cm³/mol. The maximum atomic E-state index is 11.5. The summed E-state index contributed by atoms with van der Waals surface area (Å²) in [7, 11) is 0. The third-order valence-electron chi connectivity index (χ3n) is 5.04. The number of fused-ring (bicyclic) bond motifs is 3. The topological polar surface area (TPSA) is 55.1 Å². The van der Waals surface area contributed by atoms with Crippen LogP contribution in [0.25, 0.3) is 38.6 Å². The molecule has 0 aliphatic rings. The summed E-state index contributed by atoms with van der Waals surface area (Å²) < 4.78 is 2.11. The van der Waals surface area contributed by atoms with Crippen molar-refractivity contribution in [2.75, 3.05) is 0 Å². The average Bonchev–Trinajstić information content (AvgIpc) is 3.14. The summed E-state index contributed by atoms with van der Waals surface area (Å²) in [5.74, 6) is -0.936. The van der Waals surface area contributed by atoms with E-state index < -0.39 is 5.97 Å². The standard InChI is InChI=1S/C24H16N2O2/c27-24(28)18-5-3-6-19(14-18)26-22-9-8-16-4-1-2-7-20(16)21(22)15-23(26)17-10-12-25-13-11-17/h1-15H,(H,27,28). The normalized spacial score (nSPS) is 11.1. The molecule has 5 rings (SSSR count). The molecular formula is C24H16N2O2. The van der Waals surface area contributed by atoms with Gasteiger partial charge in [-0.25, -0.2) is 4.79 Å². The van der Waals surface area contributed by atoms with Gasteiger partial charge in [-0.15, -0.1) is 0 Å². The Kier molecular flexibility index (Phi) is 3.69. The SMILES string of the molecule is O=C(O)c1cccc(-n2c(-c3ccncc3)cc3c4ccccc4ccc32)c1. The molecule has 1 N–H and O–H groups in total. The third-order valence-corrected chi connectivity index (χ3v) is 5.04. The first-order valence-electron chi connectivity index (χ1n) is 9.00. The Balaban J connectivity index is 1.89. The van der Waals surface area contributed by atoms with E-state index in [1.807, 2.05) is 30.3 Å². The fourth-order valence-electron chi connectivity index (χ4n) is 3.75. The second-order valence-corrected chi connectivity index (χ2v) is 6.68. The van der Waals surface area contributed by atoms with E-state index in [9.17, 15) is 9.90 Å². The van der Waals surface area contributed by atoms with Crippen molar-refractivity contribution in [1.82, 2.24) is 9.55 Å². The quantitative estimate of drug-likeness (QED) is 0.457. The van der Waals surface area contributed by atoms with E-state index >= 15 is 0 Å². The number of aromatic nitrogens is 2. The molecule has 0 radical (unpaired) electrons. The zero-order valence-corrected chi connectivity index (χ0v) is 14.9. The van der Waals surface area contributed by atoms with Crippen molar-refractivity contribution in [3.05, 3.63) is 96.8 Å². The maximum Gasteiger partial charge on any atom is 0.335 e. The van der Waals surface area contributed by atoms with E-state index in [0.717, 1.165) is 27.8 Å². The van der Waals surface area contributed by atoms with E-state index in [1.54, 1.807) is 30.6 Å². The van der Waals surface area contributed by atoms with E-state index in [4.69, 9.17) is 0 Å². The summed E-state index contributed by atoms with van der Waals surface area (Å²) in [5.41, 5.74) is 4.14. The molecule has 2 heterocycles. The van der Waals surface area contributed by atoms with Crippen molar-refractivity contribution < 1.29 is 9.90 Å².